The highest BCUT2D eigenvalue weighted by Gasteiger charge is 2.25. The third-order valence-corrected chi connectivity index (χ3v) is 7.66. The highest BCUT2D eigenvalue weighted by molar-refractivity contribution is 7.15. The fourth-order valence-electron chi connectivity index (χ4n) is 5.06. The molecule has 0 atom stereocenters. The molecule has 0 radical (unpaired) electrons. The lowest BCUT2D eigenvalue weighted by molar-refractivity contribution is -0.133. The van der Waals surface area contributed by atoms with E-state index in [9.17, 15) is 4.79 Å². The first-order valence-electron chi connectivity index (χ1n) is 13.1. The maximum absolute atomic E-state index is 13.3. The molecular formula is C28H35N7OS. The number of fused-ring (bicyclic) bond motifs is 1. The van der Waals surface area contributed by atoms with Crippen LogP contribution in [-0.4, -0.2) is 48.4 Å². The standard InChI is InChI=1S/C28H35N7OS/c1-18(2)13-26-32-23-7-5-6-8-24(23)35(26)17-27(36)34-11-9-21(10-12-34)14-22-15-25(31-20(4)30-22)33-28-29-16-19(3)37-28/h5-8,15-16,18,21H,9-14,17H2,1-4H3,(H,29,30,31,33). The normalized spacial score (nSPS) is 14.6. The number of aryl methyl sites for hydroxylation is 2. The molecule has 194 valence electrons. The highest BCUT2D eigenvalue weighted by atomic mass is 32.1. The van der Waals surface area contributed by atoms with Crippen molar-refractivity contribution in [3.05, 3.63) is 58.7 Å². The Labute approximate surface area is 222 Å². The van der Waals surface area contributed by atoms with Crippen molar-refractivity contribution in [1.82, 2.24) is 29.4 Å². The maximum atomic E-state index is 13.3. The number of para-hydroxylation sites is 2. The van der Waals surface area contributed by atoms with E-state index in [0.717, 1.165) is 83.0 Å². The van der Waals surface area contributed by atoms with Crippen LogP contribution in [-0.2, 0) is 24.2 Å². The topological polar surface area (TPSA) is 88.8 Å². The van der Waals surface area contributed by atoms with Gasteiger partial charge in [-0.05, 0) is 57.1 Å². The second-order valence-corrected chi connectivity index (χ2v) is 11.7. The minimum atomic E-state index is 0.176. The summed E-state index contributed by atoms with van der Waals surface area (Å²) in [6.45, 7) is 10.3. The Morgan fingerprint density at radius 1 is 1.14 bits per heavy atom. The zero-order valence-corrected chi connectivity index (χ0v) is 22.9. The van der Waals surface area contributed by atoms with E-state index in [1.165, 1.54) is 0 Å². The van der Waals surface area contributed by atoms with E-state index >= 15 is 0 Å². The molecule has 0 bridgehead atoms. The number of aromatic nitrogens is 5. The second kappa shape index (κ2) is 11.0. The molecule has 5 rings (SSSR count). The van der Waals surface area contributed by atoms with Gasteiger partial charge in [0.15, 0.2) is 5.13 Å². The van der Waals surface area contributed by atoms with Crippen molar-refractivity contribution in [2.45, 2.75) is 59.9 Å². The van der Waals surface area contributed by atoms with Crippen molar-refractivity contribution in [2.24, 2.45) is 11.8 Å². The Balaban J connectivity index is 1.20. The minimum absolute atomic E-state index is 0.176. The Morgan fingerprint density at radius 2 is 1.92 bits per heavy atom. The molecule has 1 fully saturated rings. The van der Waals surface area contributed by atoms with Gasteiger partial charge >= 0.3 is 0 Å². The van der Waals surface area contributed by atoms with Gasteiger partial charge in [0.25, 0.3) is 0 Å². The zero-order chi connectivity index (χ0) is 25.9. The molecule has 0 unspecified atom stereocenters. The number of hydrogen-bond acceptors (Lipinski definition) is 7. The molecule has 0 spiro atoms. The molecule has 37 heavy (non-hydrogen) atoms. The molecule has 9 heteroatoms. The number of piperidine rings is 1. The summed E-state index contributed by atoms with van der Waals surface area (Å²) in [7, 11) is 0. The number of carbonyl (C=O) groups is 1. The highest BCUT2D eigenvalue weighted by Crippen LogP contribution is 2.25. The van der Waals surface area contributed by atoms with Gasteiger partial charge in [0.1, 0.15) is 24.0 Å². The number of rotatable bonds is 8. The van der Waals surface area contributed by atoms with Crippen molar-refractivity contribution in [1.29, 1.82) is 0 Å². The number of anilines is 2. The van der Waals surface area contributed by atoms with Crippen LogP contribution in [0.5, 0.6) is 0 Å². The van der Waals surface area contributed by atoms with Crippen LogP contribution in [0.25, 0.3) is 11.0 Å². The summed E-state index contributed by atoms with van der Waals surface area (Å²) in [5.74, 6) is 3.69. The Kier molecular flexibility index (Phi) is 7.50. The number of carbonyl (C=O) groups excluding carboxylic acids is 1. The molecule has 3 aromatic heterocycles. The lowest BCUT2D eigenvalue weighted by atomic mass is 9.92. The van der Waals surface area contributed by atoms with Gasteiger partial charge in [0.05, 0.1) is 11.0 Å². The first-order chi connectivity index (χ1) is 17.8. The molecule has 1 aliphatic heterocycles. The van der Waals surface area contributed by atoms with Crippen LogP contribution in [0.3, 0.4) is 0 Å². The van der Waals surface area contributed by atoms with Crippen LogP contribution >= 0.6 is 11.3 Å². The van der Waals surface area contributed by atoms with Crippen molar-refractivity contribution >= 4 is 39.2 Å². The fourth-order valence-corrected chi connectivity index (χ4v) is 5.73. The molecule has 0 saturated carbocycles. The first-order valence-corrected chi connectivity index (χ1v) is 13.9. The van der Waals surface area contributed by atoms with Gasteiger partial charge in [-0.15, -0.1) is 11.3 Å². The average Bonchev–Trinajstić information content (AvgIpc) is 3.41. The van der Waals surface area contributed by atoms with Crippen molar-refractivity contribution in [3.63, 3.8) is 0 Å². The van der Waals surface area contributed by atoms with E-state index in [1.807, 2.05) is 49.2 Å². The van der Waals surface area contributed by atoms with Gasteiger partial charge in [-0.25, -0.2) is 19.9 Å². The van der Waals surface area contributed by atoms with Crippen LogP contribution in [0, 0.1) is 25.7 Å². The third kappa shape index (κ3) is 6.15. The van der Waals surface area contributed by atoms with Gasteiger partial charge in [-0.1, -0.05) is 26.0 Å². The number of imidazole rings is 1. The van der Waals surface area contributed by atoms with E-state index in [4.69, 9.17) is 4.98 Å². The fraction of sp³-hybridized carbons (Fsp3) is 0.464. The summed E-state index contributed by atoms with van der Waals surface area (Å²) < 4.78 is 2.12. The molecule has 1 N–H and O–H groups in total. The van der Waals surface area contributed by atoms with Crippen molar-refractivity contribution < 1.29 is 4.79 Å². The zero-order valence-electron chi connectivity index (χ0n) is 22.1. The quantitative estimate of drug-likeness (QED) is 0.340. The van der Waals surface area contributed by atoms with Gasteiger partial charge in [0, 0.05) is 42.3 Å². The Hall–Kier alpha value is -3.33. The molecule has 1 amide bonds. The van der Waals surface area contributed by atoms with Crippen molar-refractivity contribution in [2.75, 3.05) is 18.4 Å². The number of nitrogens with zero attached hydrogens (tertiary/aromatic N) is 6. The number of nitrogens with one attached hydrogen (secondary N) is 1. The van der Waals surface area contributed by atoms with Crippen LogP contribution in [0.15, 0.2) is 36.5 Å². The predicted molar refractivity (Wildman–Crippen MR) is 148 cm³/mol. The number of amides is 1. The van der Waals surface area contributed by atoms with Crippen LogP contribution in [0.2, 0.25) is 0 Å². The summed E-state index contributed by atoms with van der Waals surface area (Å²) in [4.78, 5) is 34.9. The molecular weight excluding hydrogens is 482 g/mol. The van der Waals surface area contributed by atoms with Gasteiger partial charge in [-0.3, -0.25) is 4.79 Å². The molecule has 8 nitrogen and oxygen atoms in total. The molecule has 1 aliphatic rings. The number of benzene rings is 1. The summed E-state index contributed by atoms with van der Waals surface area (Å²) in [6, 6.07) is 10.1. The molecule has 4 aromatic rings. The lowest BCUT2D eigenvalue weighted by Crippen LogP contribution is -2.40. The molecule has 1 aromatic carbocycles. The van der Waals surface area contributed by atoms with E-state index < -0.39 is 0 Å². The van der Waals surface area contributed by atoms with Crippen LogP contribution in [0.4, 0.5) is 10.9 Å². The SMILES string of the molecule is Cc1nc(CC2CCN(C(=O)Cn3c(CC(C)C)nc4ccccc43)CC2)cc(Nc2ncc(C)s2)n1. The summed E-state index contributed by atoms with van der Waals surface area (Å²) in [5.41, 5.74) is 3.04. The first kappa shape index (κ1) is 25.3. The summed E-state index contributed by atoms with van der Waals surface area (Å²) >= 11 is 1.61. The monoisotopic (exact) mass is 517 g/mol. The van der Waals surface area contributed by atoms with Gasteiger partial charge < -0.3 is 14.8 Å². The Morgan fingerprint density at radius 3 is 2.65 bits per heavy atom. The summed E-state index contributed by atoms with van der Waals surface area (Å²) in [5, 5.41) is 4.15. The van der Waals surface area contributed by atoms with Crippen molar-refractivity contribution in [3.8, 4) is 0 Å². The maximum Gasteiger partial charge on any atom is 0.242 e. The number of thiazole rings is 1. The number of likely N-dealkylation sites (tertiary alicyclic amines) is 1. The largest absolute Gasteiger partial charge is 0.341 e. The minimum Gasteiger partial charge on any atom is -0.341 e. The molecule has 1 saturated heterocycles. The van der Waals surface area contributed by atoms with Crippen LogP contribution < -0.4 is 5.32 Å². The molecule has 4 heterocycles. The Bertz CT molecular complexity index is 1380. The molecule has 0 aliphatic carbocycles. The third-order valence-electron chi connectivity index (χ3n) is 6.83. The lowest BCUT2D eigenvalue weighted by Gasteiger charge is -2.32. The average molecular weight is 518 g/mol. The smallest absolute Gasteiger partial charge is 0.242 e. The van der Waals surface area contributed by atoms with Crippen LogP contribution in [0.1, 0.15) is 48.9 Å². The number of hydrogen-bond donors (Lipinski definition) is 1. The second-order valence-electron chi connectivity index (χ2n) is 10.4. The predicted octanol–water partition coefficient (Wildman–Crippen LogP) is 5.32. The van der Waals surface area contributed by atoms with E-state index in [0.29, 0.717) is 18.4 Å². The van der Waals surface area contributed by atoms with Gasteiger partial charge in [0.2, 0.25) is 5.91 Å². The van der Waals surface area contributed by atoms with E-state index in [-0.39, 0.29) is 5.91 Å². The van der Waals surface area contributed by atoms with E-state index in [2.05, 4.69) is 44.7 Å². The van der Waals surface area contributed by atoms with E-state index in [1.54, 1.807) is 11.3 Å². The summed E-state index contributed by atoms with van der Waals surface area (Å²) in [6.07, 6.45) is 5.57. The van der Waals surface area contributed by atoms with Gasteiger partial charge in [-0.2, -0.15) is 0 Å².